The van der Waals surface area contributed by atoms with Gasteiger partial charge in [0.2, 0.25) is 11.8 Å². The minimum absolute atomic E-state index is 0.0390. The van der Waals surface area contributed by atoms with E-state index in [1.165, 1.54) is 31.2 Å². The molecule has 0 spiro atoms. The number of aryl methyl sites for hydroxylation is 1. The van der Waals surface area contributed by atoms with Gasteiger partial charge < -0.3 is 20.7 Å². The lowest BCUT2D eigenvalue weighted by molar-refractivity contribution is -0.157. The highest BCUT2D eigenvalue weighted by Crippen LogP contribution is 2.26. The van der Waals surface area contributed by atoms with Gasteiger partial charge in [0.25, 0.3) is 5.91 Å². The van der Waals surface area contributed by atoms with Crippen LogP contribution in [0.4, 0.5) is 11.4 Å². The van der Waals surface area contributed by atoms with Crippen molar-refractivity contribution in [1.82, 2.24) is 0 Å². The Morgan fingerprint density at radius 3 is 2.35 bits per heavy atom. The van der Waals surface area contributed by atoms with Crippen LogP contribution in [0.15, 0.2) is 48.5 Å². The van der Waals surface area contributed by atoms with Gasteiger partial charge >= 0.3 is 5.97 Å². The number of anilines is 2. The maximum Gasteiger partial charge on any atom is 0.312 e. The number of hydrogen-bond donors (Lipinski definition) is 2. The van der Waals surface area contributed by atoms with Crippen molar-refractivity contribution in [2.24, 2.45) is 11.7 Å². The molecule has 2 aromatic rings. The third-order valence-electron chi connectivity index (χ3n) is 5.21. The SMILES string of the molecule is CCc1ccc(N2CC(C(=O)OC(C)C(=O)Nc3ccc(C(N)=O)cc3)CC2=O)cc1. The molecule has 3 amide bonds. The molecule has 31 heavy (non-hydrogen) atoms. The van der Waals surface area contributed by atoms with Crippen molar-refractivity contribution < 1.29 is 23.9 Å². The molecule has 1 fully saturated rings. The van der Waals surface area contributed by atoms with E-state index in [1.807, 2.05) is 24.3 Å². The Hall–Kier alpha value is -3.68. The molecule has 1 aliphatic heterocycles. The molecule has 3 N–H and O–H groups in total. The minimum Gasteiger partial charge on any atom is -0.452 e. The Kier molecular flexibility index (Phi) is 6.69. The highest BCUT2D eigenvalue weighted by atomic mass is 16.5. The summed E-state index contributed by atoms with van der Waals surface area (Å²) in [6, 6.07) is 13.7. The van der Waals surface area contributed by atoms with Gasteiger partial charge in [-0.05, 0) is 55.3 Å². The number of hydrogen-bond acceptors (Lipinski definition) is 5. The number of ether oxygens (including phenoxy) is 1. The number of carbonyl (C=O) groups excluding carboxylic acids is 4. The number of amides is 3. The first-order valence-electron chi connectivity index (χ1n) is 10.1. The van der Waals surface area contributed by atoms with Crippen molar-refractivity contribution in [3.8, 4) is 0 Å². The molecule has 8 nitrogen and oxygen atoms in total. The fraction of sp³-hybridized carbons (Fsp3) is 0.304. The molecule has 0 bridgehead atoms. The summed E-state index contributed by atoms with van der Waals surface area (Å²) in [5, 5.41) is 2.61. The van der Waals surface area contributed by atoms with Crippen molar-refractivity contribution in [3.05, 3.63) is 59.7 Å². The molecule has 0 radical (unpaired) electrons. The first-order valence-corrected chi connectivity index (χ1v) is 10.1. The van der Waals surface area contributed by atoms with Crippen LogP contribution >= 0.6 is 0 Å². The lowest BCUT2D eigenvalue weighted by atomic mass is 10.1. The van der Waals surface area contributed by atoms with Gasteiger partial charge in [-0.2, -0.15) is 0 Å². The summed E-state index contributed by atoms with van der Waals surface area (Å²) in [6.45, 7) is 3.73. The van der Waals surface area contributed by atoms with Crippen LogP contribution in [0.3, 0.4) is 0 Å². The molecule has 1 aliphatic rings. The number of nitrogens with two attached hydrogens (primary N) is 1. The second kappa shape index (κ2) is 9.42. The molecule has 1 heterocycles. The molecule has 0 aliphatic carbocycles. The molecule has 2 unspecified atom stereocenters. The summed E-state index contributed by atoms with van der Waals surface area (Å²) in [7, 11) is 0. The molecule has 2 atom stereocenters. The lowest BCUT2D eigenvalue weighted by Crippen LogP contribution is -2.33. The van der Waals surface area contributed by atoms with Gasteiger partial charge in [-0.1, -0.05) is 19.1 Å². The van der Waals surface area contributed by atoms with E-state index >= 15 is 0 Å². The quantitative estimate of drug-likeness (QED) is 0.662. The van der Waals surface area contributed by atoms with Crippen molar-refractivity contribution in [2.75, 3.05) is 16.8 Å². The predicted octanol–water partition coefficient (Wildman–Crippen LogP) is 2.27. The van der Waals surface area contributed by atoms with Crippen molar-refractivity contribution in [1.29, 1.82) is 0 Å². The third kappa shape index (κ3) is 5.28. The van der Waals surface area contributed by atoms with Crippen LogP contribution < -0.4 is 16.0 Å². The molecule has 162 valence electrons. The van der Waals surface area contributed by atoms with Gasteiger partial charge in [0, 0.05) is 29.9 Å². The Morgan fingerprint density at radius 1 is 1.13 bits per heavy atom. The largest absolute Gasteiger partial charge is 0.452 e. The van der Waals surface area contributed by atoms with Gasteiger partial charge in [0.05, 0.1) is 5.92 Å². The molecular weight excluding hydrogens is 398 g/mol. The molecule has 8 heteroatoms. The standard InChI is InChI=1S/C23H25N3O5/c1-3-15-4-10-19(11-5-15)26-13-17(12-20(26)27)23(30)31-14(2)22(29)25-18-8-6-16(7-9-18)21(24)28/h4-11,14,17H,3,12-13H2,1-2H3,(H2,24,28)(H,25,29). The predicted molar refractivity (Wildman–Crippen MR) is 115 cm³/mol. The highest BCUT2D eigenvalue weighted by molar-refractivity contribution is 6.00. The molecule has 0 aromatic heterocycles. The van der Waals surface area contributed by atoms with E-state index in [4.69, 9.17) is 10.5 Å². The van der Waals surface area contributed by atoms with Crippen LogP contribution in [0, 0.1) is 5.92 Å². The third-order valence-corrected chi connectivity index (χ3v) is 5.21. The first kappa shape index (κ1) is 22.0. The normalized spacial score (nSPS) is 16.6. The topological polar surface area (TPSA) is 119 Å². The van der Waals surface area contributed by atoms with E-state index in [0.29, 0.717) is 11.3 Å². The average Bonchev–Trinajstić information content (AvgIpc) is 3.15. The van der Waals surface area contributed by atoms with Gasteiger partial charge in [0.1, 0.15) is 0 Å². The van der Waals surface area contributed by atoms with Gasteiger partial charge in [-0.15, -0.1) is 0 Å². The molecule has 0 saturated carbocycles. The zero-order chi connectivity index (χ0) is 22.5. The van der Waals surface area contributed by atoms with Crippen molar-refractivity contribution in [2.45, 2.75) is 32.8 Å². The van der Waals surface area contributed by atoms with Crippen molar-refractivity contribution >= 4 is 35.1 Å². The minimum atomic E-state index is -1.05. The number of primary amides is 1. The maximum atomic E-state index is 12.5. The van der Waals surface area contributed by atoms with Gasteiger partial charge in [-0.3, -0.25) is 19.2 Å². The molecular formula is C23H25N3O5. The van der Waals surface area contributed by atoms with Crippen molar-refractivity contribution in [3.63, 3.8) is 0 Å². The maximum absolute atomic E-state index is 12.5. The number of carbonyl (C=O) groups is 4. The van der Waals surface area contributed by atoms with Crippen LogP contribution in [0.5, 0.6) is 0 Å². The van der Waals surface area contributed by atoms with Crippen LogP contribution in [0.1, 0.15) is 36.2 Å². The fourth-order valence-electron chi connectivity index (χ4n) is 3.31. The molecule has 3 rings (SSSR count). The zero-order valence-corrected chi connectivity index (χ0v) is 17.5. The highest BCUT2D eigenvalue weighted by Gasteiger charge is 2.37. The summed E-state index contributed by atoms with van der Waals surface area (Å²) in [4.78, 5) is 49.9. The summed E-state index contributed by atoms with van der Waals surface area (Å²) in [5.41, 5.74) is 7.84. The first-order chi connectivity index (χ1) is 14.8. The van der Waals surface area contributed by atoms with E-state index in [1.54, 1.807) is 4.90 Å². The number of benzene rings is 2. The summed E-state index contributed by atoms with van der Waals surface area (Å²) < 4.78 is 5.30. The van der Waals surface area contributed by atoms with E-state index in [2.05, 4.69) is 12.2 Å². The summed E-state index contributed by atoms with van der Waals surface area (Å²) in [6.07, 6.45) is -0.105. The lowest BCUT2D eigenvalue weighted by Gasteiger charge is -2.18. The second-order valence-electron chi connectivity index (χ2n) is 7.44. The smallest absolute Gasteiger partial charge is 0.312 e. The van der Waals surface area contributed by atoms with Crippen LogP contribution in [0.25, 0.3) is 0 Å². The monoisotopic (exact) mass is 423 g/mol. The van der Waals surface area contributed by atoms with Crippen LogP contribution in [0.2, 0.25) is 0 Å². The number of nitrogens with zero attached hydrogens (tertiary/aromatic N) is 1. The van der Waals surface area contributed by atoms with Gasteiger partial charge in [-0.25, -0.2) is 0 Å². The van der Waals surface area contributed by atoms with Crippen LogP contribution in [-0.2, 0) is 25.5 Å². The number of nitrogens with one attached hydrogen (secondary N) is 1. The summed E-state index contributed by atoms with van der Waals surface area (Å²) in [5.74, 6) is -2.47. The Balaban J connectivity index is 1.55. The second-order valence-corrected chi connectivity index (χ2v) is 7.44. The van der Waals surface area contributed by atoms with E-state index < -0.39 is 29.8 Å². The van der Waals surface area contributed by atoms with Gasteiger partial charge in [0.15, 0.2) is 6.10 Å². The Bertz CT molecular complexity index is 985. The number of rotatable bonds is 7. The van der Waals surface area contributed by atoms with E-state index in [0.717, 1.165) is 17.7 Å². The zero-order valence-electron chi connectivity index (χ0n) is 17.5. The molecule has 1 saturated heterocycles. The fourth-order valence-corrected chi connectivity index (χ4v) is 3.31. The summed E-state index contributed by atoms with van der Waals surface area (Å²) >= 11 is 0. The van der Waals surface area contributed by atoms with E-state index in [-0.39, 0.29) is 18.9 Å². The Morgan fingerprint density at radius 2 is 1.77 bits per heavy atom. The average molecular weight is 423 g/mol. The number of esters is 1. The molecule has 2 aromatic carbocycles. The van der Waals surface area contributed by atoms with E-state index in [9.17, 15) is 19.2 Å². The Labute approximate surface area is 180 Å². The van der Waals surface area contributed by atoms with Crippen LogP contribution in [-0.4, -0.2) is 36.3 Å².